The van der Waals surface area contributed by atoms with Gasteiger partial charge in [-0.25, -0.2) is 8.78 Å². The summed E-state index contributed by atoms with van der Waals surface area (Å²) in [6.07, 6.45) is 1.17. The molecule has 1 heterocycles. The van der Waals surface area contributed by atoms with E-state index in [1.54, 1.807) is 12.1 Å². The smallest absolute Gasteiger partial charge is 0.277 e. The Morgan fingerprint density at radius 3 is 2.23 bits per heavy atom. The van der Waals surface area contributed by atoms with E-state index in [9.17, 15) is 23.5 Å². The van der Waals surface area contributed by atoms with Crippen LogP contribution in [0.4, 0.5) is 14.5 Å². The summed E-state index contributed by atoms with van der Waals surface area (Å²) >= 11 is 0. The van der Waals surface area contributed by atoms with Crippen LogP contribution in [0.2, 0.25) is 0 Å². The highest BCUT2D eigenvalue weighted by Gasteiger charge is 2.30. The van der Waals surface area contributed by atoms with Crippen molar-refractivity contribution in [3.63, 3.8) is 0 Å². The summed E-state index contributed by atoms with van der Waals surface area (Å²) in [6, 6.07) is 7.84. The number of benzene rings is 2. The van der Waals surface area contributed by atoms with Gasteiger partial charge in [-0.1, -0.05) is 0 Å². The van der Waals surface area contributed by atoms with Crippen LogP contribution >= 0.6 is 0 Å². The Bertz CT molecular complexity index is 887. The van der Waals surface area contributed by atoms with E-state index >= 15 is 0 Å². The zero-order valence-corrected chi connectivity index (χ0v) is 13.4. The van der Waals surface area contributed by atoms with Crippen molar-refractivity contribution < 1.29 is 28.6 Å². The number of nitrogens with zero attached hydrogens (tertiary/aromatic N) is 1. The average molecular weight is 360 g/mol. The monoisotopic (exact) mass is 360 g/mol. The lowest BCUT2D eigenvalue weighted by Crippen LogP contribution is -2.33. The van der Waals surface area contributed by atoms with Crippen molar-refractivity contribution in [2.45, 2.75) is 6.42 Å². The number of carbonyl (C=O) groups excluding carboxylic acids is 2. The van der Waals surface area contributed by atoms with E-state index in [2.05, 4.69) is 5.32 Å². The van der Waals surface area contributed by atoms with Crippen LogP contribution in [0.15, 0.2) is 48.2 Å². The molecule has 0 spiro atoms. The molecule has 0 unspecified atom stereocenters. The molecule has 134 valence electrons. The first-order chi connectivity index (χ1) is 12.3. The van der Waals surface area contributed by atoms with Gasteiger partial charge in [-0.2, -0.15) is 0 Å². The van der Waals surface area contributed by atoms with Gasteiger partial charge < -0.3 is 15.5 Å². The van der Waals surface area contributed by atoms with Crippen LogP contribution in [0.1, 0.15) is 5.56 Å². The summed E-state index contributed by atoms with van der Waals surface area (Å²) in [6.45, 7) is -0.0709. The molecule has 26 heavy (non-hydrogen) atoms. The minimum Gasteiger partial charge on any atom is -0.508 e. The van der Waals surface area contributed by atoms with Gasteiger partial charge in [0.25, 0.3) is 11.8 Å². The molecule has 2 aromatic carbocycles. The Morgan fingerprint density at radius 2 is 1.62 bits per heavy atom. The Labute approximate surface area is 147 Å². The number of anilines is 1. The minimum atomic E-state index is -1.10. The summed E-state index contributed by atoms with van der Waals surface area (Å²) in [5, 5.41) is 21.1. The number of hydrogen-bond donors (Lipinski definition) is 3. The van der Waals surface area contributed by atoms with Crippen molar-refractivity contribution in [1.82, 2.24) is 4.90 Å². The van der Waals surface area contributed by atoms with Crippen LogP contribution in [0.3, 0.4) is 0 Å². The van der Waals surface area contributed by atoms with E-state index in [4.69, 9.17) is 5.11 Å². The van der Waals surface area contributed by atoms with Crippen molar-refractivity contribution in [2.24, 2.45) is 0 Å². The maximum Gasteiger partial charge on any atom is 0.277 e. The Balaban J connectivity index is 1.66. The minimum absolute atomic E-state index is 0.0337. The fourth-order valence-electron chi connectivity index (χ4n) is 2.51. The highest BCUT2D eigenvalue weighted by molar-refractivity contribution is 6.17. The molecule has 1 aliphatic heterocycles. The third kappa shape index (κ3) is 3.49. The topological polar surface area (TPSA) is 89.9 Å². The molecule has 6 nitrogen and oxygen atoms in total. The standard InChI is InChI=1S/C18H14F2N2O4/c19-13-7-10(8-14(20)17(13)25)5-6-22-16(24)9-15(18(22)26)21-11-1-3-12(23)4-2-11/h1-4,7-9,21,23,25H,5-6H2. The maximum absolute atomic E-state index is 13.4. The van der Waals surface area contributed by atoms with Crippen LogP contribution in [-0.2, 0) is 16.0 Å². The predicted octanol–water partition coefficient (Wildman–Crippen LogP) is 2.28. The Kier molecular flexibility index (Phi) is 4.57. The molecular weight excluding hydrogens is 346 g/mol. The van der Waals surface area contributed by atoms with Crippen molar-refractivity contribution in [3.8, 4) is 11.5 Å². The SMILES string of the molecule is O=C1C=C(Nc2ccc(O)cc2)C(=O)N1CCc1cc(F)c(O)c(F)c1. The predicted molar refractivity (Wildman–Crippen MR) is 88.3 cm³/mol. The highest BCUT2D eigenvalue weighted by atomic mass is 19.1. The van der Waals surface area contributed by atoms with Gasteiger partial charge >= 0.3 is 0 Å². The number of rotatable bonds is 5. The first-order valence-corrected chi connectivity index (χ1v) is 7.65. The summed E-state index contributed by atoms with van der Waals surface area (Å²) in [5.41, 5.74) is 0.779. The van der Waals surface area contributed by atoms with Crippen LogP contribution in [-0.4, -0.2) is 33.5 Å². The fraction of sp³-hybridized carbons (Fsp3) is 0.111. The van der Waals surface area contributed by atoms with Crippen LogP contribution < -0.4 is 5.32 Å². The normalized spacial score (nSPS) is 13.9. The van der Waals surface area contributed by atoms with Crippen LogP contribution in [0.5, 0.6) is 11.5 Å². The number of nitrogens with one attached hydrogen (secondary N) is 1. The van der Waals surface area contributed by atoms with Gasteiger partial charge in [0.05, 0.1) is 0 Å². The quantitative estimate of drug-likeness (QED) is 0.562. The molecule has 3 rings (SSSR count). The van der Waals surface area contributed by atoms with Crippen LogP contribution in [0.25, 0.3) is 0 Å². The summed E-state index contributed by atoms with van der Waals surface area (Å²) in [5.74, 6) is -4.32. The van der Waals surface area contributed by atoms with Crippen molar-refractivity contribution in [2.75, 3.05) is 11.9 Å². The van der Waals surface area contributed by atoms with Crippen molar-refractivity contribution in [1.29, 1.82) is 0 Å². The maximum atomic E-state index is 13.4. The number of hydrogen-bond acceptors (Lipinski definition) is 5. The van der Waals surface area contributed by atoms with E-state index in [-0.39, 0.29) is 30.0 Å². The molecular formula is C18H14F2N2O4. The highest BCUT2D eigenvalue weighted by Crippen LogP contribution is 2.23. The Hall–Kier alpha value is -3.42. The second kappa shape index (κ2) is 6.83. The molecule has 0 bridgehead atoms. The molecule has 0 aromatic heterocycles. The van der Waals surface area contributed by atoms with E-state index in [1.165, 1.54) is 12.1 Å². The van der Waals surface area contributed by atoms with Gasteiger partial charge in [0.15, 0.2) is 17.4 Å². The van der Waals surface area contributed by atoms with Gasteiger partial charge in [-0.05, 0) is 48.4 Å². The van der Waals surface area contributed by atoms with E-state index in [1.807, 2.05) is 0 Å². The Morgan fingerprint density at radius 1 is 1.00 bits per heavy atom. The average Bonchev–Trinajstić information content (AvgIpc) is 2.86. The second-order valence-corrected chi connectivity index (χ2v) is 5.68. The second-order valence-electron chi connectivity index (χ2n) is 5.68. The number of halogens is 2. The zero-order chi connectivity index (χ0) is 18.8. The molecule has 0 saturated heterocycles. The van der Waals surface area contributed by atoms with Gasteiger partial charge in [0.1, 0.15) is 11.4 Å². The molecule has 3 N–H and O–H groups in total. The lowest BCUT2D eigenvalue weighted by Gasteiger charge is -2.15. The third-order valence-corrected chi connectivity index (χ3v) is 3.86. The summed E-state index contributed by atoms with van der Waals surface area (Å²) in [7, 11) is 0. The van der Waals surface area contributed by atoms with Gasteiger partial charge in [0.2, 0.25) is 0 Å². The number of phenolic OH excluding ortho intramolecular Hbond substituents is 2. The molecule has 2 amide bonds. The van der Waals surface area contributed by atoms with E-state index < -0.39 is 29.2 Å². The fourth-order valence-corrected chi connectivity index (χ4v) is 2.51. The van der Waals surface area contributed by atoms with Gasteiger partial charge in [0, 0.05) is 18.3 Å². The zero-order valence-electron chi connectivity index (χ0n) is 13.4. The summed E-state index contributed by atoms with van der Waals surface area (Å²) in [4.78, 5) is 25.3. The van der Waals surface area contributed by atoms with Gasteiger partial charge in [-0.15, -0.1) is 0 Å². The van der Waals surface area contributed by atoms with E-state index in [0.29, 0.717) is 5.69 Å². The number of imide groups is 1. The molecule has 2 aromatic rings. The van der Waals surface area contributed by atoms with Crippen LogP contribution in [0, 0.1) is 11.6 Å². The van der Waals surface area contributed by atoms with Gasteiger partial charge in [-0.3, -0.25) is 14.5 Å². The molecule has 8 heteroatoms. The van der Waals surface area contributed by atoms with Crippen molar-refractivity contribution >= 4 is 17.5 Å². The van der Waals surface area contributed by atoms with E-state index in [0.717, 1.165) is 23.1 Å². The molecule has 0 saturated carbocycles. The number of aromatic hydroxyl groups is 2. The lowest BCUT2D eigenvalue weighted by atomic mass is 10.1. The summed E-state index contributed by atoms with van der Waals surface area (Å²) < 4.78 is 26.7. The molecule has 0 atom stereocenters. The third-order valence-electron chi connectivity index (χ3n) is 3.86. The molecule has 0 fully saturated rings. The first kappa shape index (κ1) is 17.4. The molecule has 1 aliphatic rings. The van der Waals surface area contributed by atoms with Crippen molar-refractivity contribution in [3.05, 3.63) is 65.4 Å². The molecule has 0 radical (unpaired) electrons. The largest absolute Gasteiger partial charge is 0.508 e. The number of amides is 2. The lowest BCUT2D eigenvalue weighted by molar-refractivity contribution is -0.137. The molecule has 0 aliphatic carbocycles. The number of carbonyl (C=O) groups is 2. The number of phenols is 2. The first-order valence-electron chi connectivity index (χ1n) is 7.65.